The Balaban J connectivity index is 2.79. The summed E-state index contributed by atoms with van der Waals surface area (Å²) in [6, 6.07) is 4.98. The Morgan fingerprint density at radius 2 is 2.31 bits per heavy atom. The third-order valence-corrected chi connectivity index (χ3v) is 1.64. The van der Waals surface area contributed by atoms with Crippen LogP contribution < -0.4 is 10.5 Å². The molecule has 1 aromatic carbocycles. The lowest BCUT2D eigenvalue weighted by atomic mass is 10.2. The summed E-state index contributed by atoms with van der Waals surface area (Å²) in [6.45, 7) is 4.29. The number of hydrogen-bond acceptors (Lipinski definition) is 3. The van der Waals surface area contributed by atoms with Crippen molar-refractivity contribution in [1.29, 1.82) is 0 Å². The predicted molar refractivity (Wildman–Crippen MR) is 51.7 cm³/mol. The molecule has 0 heterocycles. The molecule has 3 N–H and O–H groups in total. The largest absolute Gasteiger partial charge is 0.508 e. The van der Waals surface area contributed by atoms with Crippen LogP contribution in [-0.2, 0) is 6.54 Å². The van der Waals surface area contributed by atoms with Crippen LogP contribution in [0.4, 0.5) is 0 Å². The van der Waals surface area contributed by atoms with E-state index in [1.54, 1.807) is 24.3 Å². The highest BCUT2D eigenvalue weighted by Gasteiger charge is 2.00. The zero-order chi connectivity index (χ0) is 9.68. The van der Waals surface area contributed by atoms with E-state index in [4.69, 9.17) is 10.5 Å². The molecule has 0 aliphatic rings. The number of phenolic OH excluding ortho intramolecular Hbond substituents is 1. The molecule has 0 amide bonds. The van der Waals surface area contributed by atoms with Crippen LogP contribution >= 0.6 is 0 Å². The maximum Gasteiger partial charge on any atom is 0.120 e. The number of hydrogen-bond donors (Lipinski definition) is 2. The average Bonchev–Trinajstić information content (AvgIpc) is 2.16. The Bertz CT molecular complexity index is 297. The van der Waals surface area contributed by atoms with Gasteiger partial charge in [-0.2, -0.15) is 0 Å². The lowest BCUT2D eigenvalue weighted by molar-refractivity contribution is 0.361. The molecule has 70 valence electrons. The third kappa shape index (κ3) is 2.49. The Hall–Kier alpha value is -1.48. The first-order valence-corrected chi connectivity index (χ1v) is 4.03. The van der Waals surface area contributed by atoms with Crippen LogP contribution in [0, 0.1) is 0 Å². The van der Waals surface area contributed by atoms with Crippen molar-refractivity contribution in [2.24, 2.45) is 5.73 Å². The average molecular weight is 179 g/mol. The number of ether oxygens (including phenoxy) is 1. The van der Waals surface area contributed by atoms with Crippen LogP contribution in [0.1, 0.15) is 5.56 Å². The number of aromatic hydroxyl groups is 1. The van der Waals surface area contributed by atoms with Gasteiger partial charge in [0, 0.05) is 12.1 Å². The number of benzene rings is 1. The summed E-state index contributed by atoms with van der Waals surface area (Å²) in [7, 11) is 0. The quantitative estimate of drug-likeness (QED) is 0.687. The Kier molecular flexibility index (Phi) is 3.34. The fourth-order valence-corrected chi connectivity index (χ4v) is 0.970. The van der Waals surface area contributed by atoms with E-state index in [-0.39, 0.29) is 5.75 Å². The van der Waals surface area contributed by atoms with Gasteiger partial charge in [-0.1, -0.05) is 12.7 Å². The van der Waals surface area contributed by atoms with Gasteiger partial charge in [-0.15, -0.1) is 0 Å². The predicted octanol–water partition coefficient (Wildman–Crippen LogP) is 1.42. The van der Waals surface area contributed by atoms with Crippen LogP contribution in [0.3, 0.4) is 0 Å². The molecule has 0 unspecified atom stereocenters. The fraction of sp³-hybridized carbons (Fsp3) is 0.200. The first kappa shape index (κ1) is 9.61. The van der Waals surface area contributed by atoms with Crippen molar-refractivity contribution in [3.63, 3.8) is 0 Å². The van der Waals surface area contributed by atoms with Gasteiger partial charge >= 0.3 is 0 Å². The molecule has 0 aliphatic carbocycles. The van der Waals surface area contributed by atoms with Gasteiger partial charge in [-0.3, -0.25) is 0 Å². The van der Waals surface area contributed by atoms with Crippen LogP contribution in [0.15, 0.2) is 30.9 Å². The topological polar surface area (TPSA) is 55.5 Å². The first-order chi connectivity index (χ1) is 6.27. The lowest BCUT2D eigenvalue weighted by Gasteiger charge is -2.06. The second-order valence-corrected chi connectivity index (χ2v) is 2.59. The molecular formula is C10H13NO2. The van der Waals surface area contributed by atoms with E-state index >= 15 is 0 Å². The maximum absolute atomic E-state index is 9.30. The minimum absolute atomic E-state index is 0.202. The van der Waals surface area contributed by atoms with Gasteiger partial charge in [0.1, 0.15) is 18.1 Å². The molecule has 0 aromatic heterocycles. The van der Waals surface area contributed by atoms with Gasteiger partial charge in [0.2, 0.25) is 0 Å². The highest BCUT2D eigenvalue weighted by atomic mass is 16.5. The van der Waals surface area contributed by atoms with Gasteiger partial charge in [0.05, 0.1) is 0 Å². The Labute approximate surface area is 77.4 Å². The minimum atomic E-state index is 0.202. The summed E-state index contributed by atoms with van der Waals surface area (Å²) in [6.07, 6.45) is 1.66. The smallest absolute Gasteiger partial charge is 0.120 e. The van der Waals surface area contributed by atoms with Gasteiger partial charge in [0.25, 0.3) is 0 Å². The van der Waals surface area contributed by atoms with Crippen molar-refractivity contribution in [1.82, 2.24) is 0 Å². The second-order valence-electron chi connectivity index (χ2n) is 2.59. The van der Waals surface area contributed by atoms with Crippen molar-refractivity contribution in [3.8, 4) is 11.5 Å². The molecule has 0 radical (unpaired) electrons. The van der Waals surface area contributed by atoms with E-state index in [2.05, 4.69) is 6.58 Å². The molecule has 0 aliphatic heterocycles. The monoisotopic (exact) mass is 179 g/mol. The summed E-state index contributed by atoms with van der Waals surface area (Å²) in [5, 5.41) is 9.30. The van der Waals surface area contributed by atoms with E-state index in [0.29, 0.717) is 24.5 Å². The number of nitrogens with two attached hydrogens (primary N) is 1. The molecular weight excluding hydrogens is 166 g/mol. The van der Waals surface area contributed by atoms with Crippen LogP contribution in [0.5, 0.6) is 11.5 Å². The fourth-order valence-electron chi connectivity index (χ4n) is 0.970. The first-order valence-electron chi connectivity index (χ1n) is 4.03. The van der Waals surface area contributed by atoms with Crippen molar-refractivity contribution in [2.45, 2.75) is 6.54 Å². The number of phenols is 1. The molecule has 3 nitrogen and oxygen atoms in total. The Morgan fingerprint density at radius 3 is 2.92 bits per heavy atom. The SMILES string of the molecule is C=CCOc1ccc(O)c(CN)c1. The van der Waals surface area contributed by atoms with Gasteiger partial charge in [-0.25, -0.2) is 0 Å². The molecule has 1 aromatic rings. The van der Waals surface area contributed by atoms with E-state index in [1.165, 1.54) is 0 Å². The second kappa shape index (κ2) is 4.52. The standard InChI is InChI=1S/C10H13NO2/c1-2-5-13-9-3-4-10(12)8(6-9)7-11/h2-4,6,12H,1,5,7,11H2. The van der Waals surface area contributed by atoms with Crippen LogP contribution in [0.2, 0.25) is 0 Å². The molecule has 0 saturated carbocycles. The molecule has 0 fully saturated rings. The zero-order valence-electron chi connectivity index (χ0n) is 7.36. The van der Waals surface area contributed by atoms with Gasteiger partial charge < -0.3 is 15.6 Å². The summed E-state index contributed by atoms with van der Waals surface area (Å²) in [4.78, 5) is 0. The van der Waals surface area contributed by atoms with Crippen molar-refractivity contribution in [3.05, 3.63) is 36.4 Å². The molecule has 1 rings (SSSR count). The van der Waals surface area contributed by atoms with E-state index < -0.39 is 0 Å². The lowest BCUT2D eigenvalue weighted by Crippen LogP contribution is -1.98. The van der Waals surface area contributed by atoms with E-state index in [1.807, 2.05) is 0 Å². The Morgan fingerprint density at radius 1 is 1.54 bits per heavy atom. The molecule has 0 atom stereocenters. The molecule has 13 heavy (non-hydrogen) atoms. The summed E-state index contributed by atoms with van der Waals surface area (Å²) in [5.41, 5.74) is 6.09. The van der Waals surface area contributed by atoms with Crippen LogP contribution in [-0.4, -0.2) is 11.7 Å². The van der Waals surface area contributed by atoms with Crippen molar-refractivity contribution >= 4 is 0 Å². The van der Waals surface area contributed by atoms with E-state index in [9.17, 15) is 5.11 Å². The summed E-state index contributed by atoms with van der Waals surface area (Å²) < 4.78 is 5.27. The van der Waals surface area contributed by atoms with Crippen molar-refractivity contribution in [2.75, 3.05) is 6.61 Å². The van der Waals surface area contributed by atoms with E-state index in [0.717, 1.165) is 0 Å². The minimum Gasteiger partial charge on any atom is -0.508 e. The zero-order valence-corrected chi connectivity index (χ0v) is 7.36. The van der Waals surface area contributed by atoms with Gasteiger partial charge in [0.15, 0.2) is 0 Å². The highest BCUT2D eigenvalue weighted by Crippen LogP contribution is 2.22. The molecule has 3 heteroatoms. The van der Waals surface area contributed by atoms with Crippen LogP contribution in [0.25, 0.3) is 0 Å². The summed E-state index contributed by atoms with van der Waals surface area (Å²) >= 11 is 0. The normalized spacial score (nSPS) is 9.62. The highest BCUT2D eigenvalue weighted by molar-refractivity contribution is 5.39. The molecule has 0 spiro atoms. The summed E-state index contributed by atoms with van der Waals surface area (Å²) in [5.74, 6) is 0.895. The molecule has 0 bridgehead atoms. The van der Waals surface area contributed by atoms with Crippen molar-refractivity contribution < 1.29 is 9.84 Å². The maximum atomic E-state index is 9.30. The number of rotatable bonds is 4. The molecule has 0 saturated heterocycles. The third-order valence-electron chi connectivity index (χ3n) is 1.64. The van der Waals surface area contributed by atoms with Gasteiger partial charge in [-0.05, 0) is 18.2 Å².